The van der Waals surface area contributed by atoms with Crippen LogP contribution in [0.25, 0.3) is 0 Å². The highest BCUT2D eigenvalue weighted by Gasteiger charge is 2.23. The maximum atomic E-state index is 11.9. The van der Waals surface area contributed by atoms with Gasteiger partial charge in [0, 0.05) is 24.7 Å². The summed E-state index contributed by atoms with van der Waals surface area (Å²) in [7, 11) is 0. The third kappa shape index (κ3) is 8.82. The Morgan fingerprint density at radius 3 is 2.79 bits per heavy atom. The number of esters is 1. The van der Waals surface area contributed by atoms with Crippen molar-refractivity contribution in [3.05, 3.63) is 36.0 Å². The van der Waals surface area contributed by atoms with Crippen molar-refractivity contribution < 1.29 is 19.5 Å². The topological polar surface area (TPSA) is 68.1 Å². The van der Waals surface area contributed by atoms with Crippen LogP contribution in [0.5, 0.6) is 0 Å². The van der Waals surface area contributed by atoms with Crippen molar-refractivity contribution in [3.8, 4) is 0 Å². The normalized spacial score (nSPS) is 15.7. The Kier molecular flexibility index (Phi) is 8.69. The molecule has 5 nitrogen and oxygen atoms in total. The minimum atomic E-state index is -0.555. The molecule has 0 fully saturated rings. The molecule has 0 aromatic heterocycles. The molecule has 6 heteroatoms. The van der Waals surface area contributed by atoms with Gasteiger partial charge >= 0.3 is 5.97 Å². The molecular weight excluding hydrogens is 330 g/mol. The molecule has 0 radical (unpaired) electrons. The van der Waals surface area contributed by atoms with Crippen LogP contribution in [0.4, 0.5) is 0 Å². The van der Waals surface area contributed by atoms with E-state index in [4.69, 9.17) is 26.3 Å². The second-order valence-electron chi connectivity index (χ2n) is 6.52. The molecule has 0 spiro atoms. The van der Waals surface area contributed by atoms with Crippen LogP contribution in [0.2, 0.25) is 0 Å². The molecule has 0 unspecified atom stereocenters. The quantitative estimate of drug-likeness (QED) is 0.170. The fourth-order valence-corrected chi connectivity index (χ4v) is 2.30. The van der Waals surface area contributed by atoms with Gasteiger partial charge in [-0.1, -0.05) is 16.8 Å². The first-order chi connectivity index (χ1) is 11.3. The summed E-state index contributed by atoms with van der Waals surface area (Å²) in [5.41, 5.74) is 0.498. The molecule has 0 aliphatic heterocycles. The molecule has 1 rings (SSSR count). The van der Waals surface area contributed by atoms with E-state index in [-0.39, 0.29) is 23.5 Å². The average Bonchev–Trinajstić information content (AvgIpc) is 2.52. The second kappa shape index (κ2) is 10.2. The number of carbonyl (C=O) groups is 1. The minimum absolute atomic E-state index is 0.0125. The maximum absolute atomic E-state index is 11.9. The summed E-state index contributed by atoms with van der Waals surface area (Å²) < 4.78 is 10.9. The van der Waals surface area contributed by atoms with Crippen LogP contribution >= 0.6 is 11.6 Å². The Hall–Kier alpha value is -1.68. The monoisotopic (exact) mass is 354 g/mol. The van der Waals surface area contributed by atoms with Gasteiger partial charge in [0.05, 0.1) is 18.1 Å². The van der Waals surface area contributed by atoms with Gasteiger partial charge in [-0.15, -0.1) is 0 Å². The zero-order valence-corrected chi connectivity index (χ0v) is 15.2. The Labute approximate surface area is 148 Å². The Balaban J connectivity index is 2.35. The molecule has 1 aliphatic carbocycles. The highest BCUT2D eigenvalue weighted by molar-refractivity contribution is 6.65. The van der Waals surface area contributed by atoms with Gasteiger partial charge in [0.1, 0.15) is 29.5 Å². The fourth-order valence-electron chi connectivity index (χ4n) is 2.11. The molecule has 24 heavy (non-hydrogen) atoms. The zero-order chi connectivity index (χ0) is 18.0. The van der Waals surface area contributed by atoms with Crippen molar-refractivity contribution in [1.29, 1.82) is 0 Å². The second-order valence-corrected chi connectivity index (χ2v) is 6.90. The van der Waals surface area contributed by atoms with E-state index in [9.17, 15) is 4.79 Å². The van der Waals surface area contributed by atoms with Crippen molar-refractivity contribution >= 4 is 22.7 Å². The Morgan fingerprint density at radius 2 is 2.21 bits per heavy atom. The summed E-state index contributed by atoms with van der Waals surface area (Å²) in [6, 6.07) is 0. The van der Waals surface area contributed by atoms with Crippen molar-refractivity contribution in [2.75, 3.05) is 13.2 Å². The molecule has 0 amide bonds. The minimum Gasteiger partial charge on any atom is -0.460 e. The van der Waals surface area contributed by atoms with Gasteiger partial charge in [-0.05, 0) is 33.6 Å². The molecule has 0 saturated carbocycles. The van der Waals surface area contributed by atoms with Crippen LogP contribution in [-0.4, -0.2) is 35.2 Å². The zero-order valence-electron chi connectivity index (χ0n) is 14.4. The lowest BCUT2D eigenvalue weighted by atomic mass is 10.0. The molecular formula is C18H25ClNO4+. The summed E-state index contributed by atoms with van der Waals surface area (Å²) >= 11 is 5.90. The first-order valence-electron chi connectivity index (χ1n) is 7.94. The number of carbonyl (C=O) groups excluding carboxylic acids is 1. The lowest BCUT2D eigenvalue weighted by molar-refractivity contribution is -0.155. The van der Waals surface area contributed by atoms with Crippen molar-refractivity contribution in [1.82, 2.24) is 0 Å². The van der Waals surface area contributed by atoms with Gasteiger partial charge in [0.25, 0.3) is 0 Å². The molecule has 0 aromatic rings. The standard InChI is InChI=1S/C18H24ClNO4/c1-18(2,3)24-16(21)12-15(17(19)20-22)10-7-11-23-13-14-8-5-4-6-9-14/h4-5,8-9,15H,7,10-13H2,1-3H3/p+1/b20-17-/t15-/m0/s1. The number of oxime groups is 1. The summed E-state index contributed by atoms with van der Waals surface area (Å²) in [6.07, 6.45) is 11.9. The van der Waals surface area contributed by atoms with Gasteiger partial charge in [-0.2, -0.15) is 0 Å². The number of hydrogen-bond donors (Lipinski definition) is 1. The Bertz CT molecular complexity index is 530. The van der Waals surface area contributed by atoms with Gasteiger partial charge in [0.15, 0.2) is 0 Å². The van der Waals surface area contributed by atoms with E-state index >= 15 is 0 Å². The highest BCUT2D eigenvalue weighted by Crippen LogP contribution is 2.19. The predicted octanol–water partition coefficient (Wildman–Crippen LogP) is 4.01. The third-order valence-electron chi connectivity index (χ3n) is 3.15. The van der Waals surface area contributed by atoms with E-state index in [0.29, 0.717) is 26.1 Å². The molecule has 1 aliphatic rings. The molecule has 0 aromatic carbocycles. The molecule has 1 N–H and O–H groups in total. The van der Waals surface area contributed by atoms with Gasteiger partial charge in [-0.25, -0.2) is 0 Å². The van der Waals surface area contributed by atoms with E-state index in [1.54, 1.807) is 20.8 Å². The van der Waals surface area contributed by atoms with Gasteiger partial charge in [-0.3, -0.25) is 4.79 Å². The lowest BCUT2D eigenvalue weighted by Crippen LogP contribution is -2.26. The van der Waals surface area contributed by atoms with E-state index in [1.165, 1.54) is 0 Å². The number of ether oxygens (including phenoxy) is 2. The summed E-state index contributed by atoms with van der Waals surface area (Å²) in [5.74, 6) is -0.741. The summed E-state index contributed by atoms with van der Waals surface area (Å²) in [5, 5.41) is 11.9. The van der Waals surface area contributed by atoms with Crippen molar-refractivity contribution in [2.45, 2.75) is 45.6 Å². The lowest BCUT2D eigenvalue weighted by Gasteiger charge is -2.21. The molecule has 1 atom stereocenters. The maximum Gasteiger partial charge on any atom is 0.307 e. The van der Waals surface area contributed by atoms with E-state index < -0.39 is 5.60 Å². The summed E-state index contributed by atoms with van der Waals surface area (Å²) in [4.78, 5) is 11.9. The van der Waals surface area contributed by atoms with Gasteiger partial charge < -0.3 is 14.7 Å². The number of allylic oxidation sites excluding steroid dienone is 4. The SMILES string of the molecule is CC(C)(C)OC(=O)C[C@H](CCCOCC1=CC=C[C+]=C1)/C(Cl)=N/O. The highest BCUT2D eigenvalue weighted by atomic mass is 35.5. The van der Waals surface area contributed by atoms with Crippen LogP contribution in [0.15, 0.2) is 35.0 Å². The molecule has 132 valence electrons. The number of nitrogens with zero attached hydrogens (tertiary/aromatic N) is 1. The number of rotatable bonds is 9. The smallest absolute Gasteiger partial charge is 0.307 e. The van der Waals surface area contributed by atoms with Crippen molar-refractivity contribution in [2.24, 2.45) is 11.1 Å². The van der Waals surface area contributed by atoms with Crippen LogP contribution in [0, 0.1) is 12.0 Å². The van der Waals surface area contributed by atoms with E-state index in [0.717, 1.165) is 5.57 Å². The van der Waals surface area contributed by atoms with Gasteiger partial charge in [0.2, 0.25) is 0 Å². The van der Waals surface area contributed by atoms with Crippen LogP contribution < -0.4 is 0 Å². The molecule has 0 heterocycles. The predicted molar refractivity (Wildman–Crippen MR) is 94.1 cm³/mol. The number of halogens is 1. The van der Waals surface area contributed by atoms with E-state index in [1.807, 2.05) is 24.3 Å². The van der Waals surface area contributed by atoms with Crippen LogP contribution in [0.1, 0.15) is 40.0 Å². The van der Waals surface area contributed by atoms with Crippen molar-refractivity contribution in [3.63, 3.8) is 0 Å². The molecule has 0 bridgehead atoms. The Morgan fingerprint density at radius 1 is 1.46 bits per heavy atom. The third-order valence-corrected chi connectivity index (χ3v) is 3.53. The van der Waals surface area contributed by atoms with Crippen LogP contribution in [0.3, 0.4) is 0 Å². The largest absolute Gasteiger partial charge is 0.460 e. The first-order valence-corrected chi connectivity index (χ1v) is 8.31. The van der Waals surface area contributed by atoms with Crippen LogP contribution in [-0.2, 0) is 14.3 Å². The fraction of sp³-hybridized carbons (Fsp3) is 0.556. The number of hydrogen-bond acceptors (Lipinski definition) is 5. The van der Waals surface area contributed by atoms with E-state index in [2.05, 4.69) is 11.2 Å². The summed E-state index contributed by atoms with van der Waals surface area (Å²) in [6.45, 7) is 6.44. The average molecular weight is 355 g/mol. The first kappa shape index (κ1) is 20.4. The molecule has 0 saturated heterocycles.